The number of fused-ring (bicyclic) bond motifs is 1. The quantitative estimate of drug-likeness (QED) is 0.168. The summed E-state index contributed by atoms with van der Waals surface area (Å²) >= 11 is 1.06. The van der Waals surface area contributed by atoms with Gasteiger partial charge in [-0.25, -0.2) is 9.59 Å². The van der Waals surface area contributed by atoms with E-state index in [-0.39, 0.29) is 24.5 Å². The topological polar surface area (TPSA) is 123 Å². The van der Waals surface area contributed by atoms with Crippen molar-refractivity contribution < 1.29 is 28.7 Å². The number of rotatable bonds is 11. The Morgan fingerprint density at radius 2 is 1.34 bits per heavy atom. The molecule has 10 heteroatoms. The maximum atomic E-state index is 13.6. The number of ether oxygens (including phenoxy) is 2. The summed E-state index contributed by atoms with van der Waals surface area (Å²) in [6.07, 6.45) is -0.515. The van der Waals surface area contributed by atoms with Gasteiger partial charge in [-0.05, 0) is 94.6 Å². The summed E-state index contributed by atoms with van der Waals surface area (Å²) in [6.45, 7) is 10.7. The molecule has 0 heterocycles. The van der Waals surface area contributed by atoms with Crippen LogP contribution in [0.1, 0.15) is 59.9 Å². The summed E-state index contributed by atoms with van der Waals surface area (Å²) < 4.78 is 10.6. The molecular weight excluding hydrogens is 578 g/mol. The number of hydrogen-bond donors (Lipinski definition) is 3. The lowest BCUT2D eigenvalue weighted by molar-refractivity contribution is -0.126. The first-order valence-corrected chi connectivity index (χ1v) is 15.5. The summed E-state index contributed by atoms with van der Waals surface area (Å²) in [6, 6.07) is 21.2. The van der Waals surface area contributed by atoms with Crippen molar-refractivity contribution in [3.8, 4) is 0 Å². The van der Waals surface area contributed by atoms with E-state index in [9.17, 15) is 19.2 Å². The molecular formula is C34H43N3O6S. The fraction of sp³-hybridized carbons (Fsp3) is 0.412. The first-order valence-electron chi connectivity index (χ1n) is 14.7. The van der Waals surface area contributed by atoms with Gasteiger partial charge in [-0.1, -0.05) is 60.7 Å². The molecule has 0 spiro atoms. The molecule has 44 heavy (non-hydrogen) atoms. The van der Waals surface area contributed by atoms with E-state index in [1.807, 2.05) is 72.8 Å². The minimum absolute atomic E-state index is 0.185. The van der Waals surface area contributed by atoms with Crippen LogP contribution in [0.5, 0.6) is 0 Å². The molecule has 3 rings (SSSR count). The van der Waals surface area contributed by atoms with Gasteiger partial charge >= 0.3 is 12.2 Å². The number of carbonyl (C=O) groups is 4. The summed E-state index contributed by atoms with van der Waals surface area (Å²) in [4.78, 5) is 52.7. The molecule has 0 saturated heterocycles. The smallest absolute Gasteiger partial charge is 0.408 e. The van der Waals surface area contributed by atoms with Crippen LogP contribution >= 0.6 is 11.8 Å². The Bertz CT molecular complexity index is 1430. The molecule has 0 fully saturated rings. The van der Waals surface area contributed by atoms with Crippen LogP contribution in [0.2, 0.25) is 0 Å². The van der Waals surface area contributed by atoms with Crippen molar-refractivity contribution in [2.75, 3.05) is 6.54 Å². The van der Waals surface area contributed by atoms with Gasteiger partial charge in [0.1, 0.15) is 23.3 Å². The second kappa shape index (κ2) is 15.6. The average molecular weight is 622 g/mol. The van der Waals surface area contributed by atoms with Gasteiger partial charge < -0.3 is 25.4 Å². The van der Waals surface area contributed by atoms with E-state index in [1.54, 1.807) is 41.5 Å². The predicted molar refractivity (Wildman–Crippen MR) is 174 cm³/mol. The van der Waals surface area contributed by atoms with Gasteiger partial charge in [0.25, 0.3) is 0 Å². The standard InChI is InChI=1S/C34H43N3O6S/c1-33(2,3)42-31(40)35-20-12-17-27(37-32(41)43-34(4,5)6)29(38)36-28(21-23-13-8-7-9-14-23)30(39)44-26-19-18-24-15-10-11-16-25(24)22-26/h7-11,13-16,18-19,22,27-28H,12,17,20-21H2,1-6H3,(H,35,40)(H,36,38)(H,37,41)/t27-,28+/m0/s1. The number of nitrogens with one attached hydrogen (secondary N) is 3. The van der Waals surface area contributed by atoms with Crippen LogP contribution in [0.25, 0.3) is 10.8 Å². The van der Waals surface area contributed by atoms with E-state index in [2.05, 4.69) is 16.0 Å². The average Bonchev–Trinajstić information content (AvgIpc) is 2.92. The van der Waals surface area contributed by atoms with E-state index >= 15 is 0 Å². The van der Waals surface area contributed by atoms with Crippen molar-refractivity contribution in [1.82, 2.24) is 16.0 Å². The lowest BCUT2D eigenvalue weighted by atomic mass is 10.1. The zero-order valence-electron chi connectivity index (χ0n) is 26.3. The molecule has 0 aliphatic carbocycles. The van der Waals surface area contributed by atoms with Gasteiger partial charge in [0, 0.05) is 17.9 Å². The second-order valence-corrected chi connectivity index (χ2v) is 13.5. The van der Waals surface area contributed by atoms with E-state index in [4.69, 9.17) is 9.47 Å². The van der Waals surface area contributed by atoms with Crippen LogP contribution in [0.4, 0.5) is 9.59 Å². The van der Waals surface area contributed by atoms with Crippen molar-refractivity contribution in [3.05, 3.63) is 78.4 Å². The summed E-state index contributed by atoms with van der Waals surface area (Å²) in [5, 5.41) is 10.0. The highest BCUT2D eigenvalue weighted by molar-refractivity contribution is 8.13. The predicted octanol–water partition coefficient (Wildman–Crippen LogP) is 6.38. The fourth-order valence-corrected chi connectivity index (χ4v) is 5.10. The number of thioether (sulfide) groups is 1. The van der Waals surface area contributed by atoms with Crippen LogP contribution < -0.4 is 16.0 Å². The van der Waals surface area contributed by atoms with Crippen LogP contribution in [0.15, 0.2) is 77.7 Å². The number of alkyl carbamates (subject to hydrolysis) is 2. The Kier molecular flexibility index (Phi) is 12.2. The zero-order valence-corrected chi connectivity index (χ0v) is 27.1. The second-order valence-electron chi connectivity index (χ2n) is 12.5. The molecule has 9 nitrogen and oxygen atoms in total. The highest BCUT2D eigenvalue weighted by atomic mass is 32.2. The van der Waals surface area contributed by atoms with E-state index in [0.717, 1.165) is 33.0 Å². The number of carbonyl (C=O) groups excluding carboxylic acids is 4. The van der Waals surface area contributed by atoms with Gasteiger partial charge in [0.15, 0.2) is 0 Å². The summed E-state index contributed by atoms with van der Waals surface area (Å²) in [7, 11) is 0. The third kappa shape index (κ3) is 12.3. The molecule has 0 saturated carbocycles. The highest BCUT2D eigenvalue weighted by Crippen LogP contribution is 2.26. The number of amides is 3. The first-order chi connectivity index (χ1) is 20.7. The Labute approximate surface area is 263 Å². The summed E-state index contributed by atoms with van der Waals surface area (Å²) in [5.41, 5.74) is -0.537. The first kappa shape index (κ1) is 34.4. The molecule has 0 bridgehead atoms. The van der Waals surface area contributed by atoms with Crippen LogP contribution in [0.3, 0.4) is 0 Å². The molecule has 236 valence electrons. The highest BCUT2D eigenvalue weighted by Gasteiger charge is 2.29. The molecule has 3 amide bonds. The maximum Gasteiger partial charge on any atom is 0.408 e. The molecule has 2 atom stereocenters. The molecule has 0 aliphatic rings. The third-order valence-electron chi connectivity index (χ3n) is 6.17. The third-order valence-corrected chi connectivity index (χ3v) is 7.14. The van der Waals surface area contributed by atoms with Crippen molar-refractivity contribution in [2.24, 2.45) is 0 Å². The number of hydrogen-bond acceptors (Lipinski definition) is 7. The number of benzene rings is 3. The molecule has 3 aromatic carbocycles. The normalized spacial score (nSPS) is 13.0. The van der Waals surface area contributed by atoms with Gasteiger partial charge in [-0.3, -0.25) is 9.59 Å². The van der Waals surface area contributed by atoms with E-state index in [1.165, 1.54) is 0 Å². The molecule has 3 N–H and O–H groups in total. The van der Waals surface area contributed by atoms with Crippen molar-refractivity contribution >= 4 is 45.7 Å². The lowest BCUT2D eigenvalue weighted by Crippen LogP contribution is -2.52. The maximum absolute atomic E-state index is 13.6. The van der Waals surface area contributed by atoms with Gasteiger partial charge in [0.05, 0.1) is 0 Å². The Morgan fingerprint density at radius 3 is 2.00 bits per heavy atom. The van der Waals surface area contributed by atoms with Gasteiger partial charge in [-0.2, -0.15) is 0 Å². The molecule has 0 unspecified atom stereocenters. The fourth-order valence-electron chi connectivity index (χ4n) is 4.26. The lowest BCUT2D eigenvalue weighted by Gasteiger charge is -2.25. The Hall–Kier alpha value is -4.05. The van der Waals surface area contributed by atoms with E-state index in [0.29, 0.717) is 6.42 Å². The minimum atomic E-state index is -1.01. The van der Waals surface area contributed by atoms with Crippen molar-refractivity contribution in [2.45, 2.75) is 89.0 Å². The van der Waals surface area contributed by atoms with Gasteiger partial charge in [0.2, 0.25) is 11.0 Å². The molecule has 0 aliphatic heterocycles. The van der Waals surface area contributed by atoms with Crippen molar-refractivity contribution in [3.63, 3.8) is 0 Å². The monoisotopic (exact) mass is 621 g/mol. The van der Waals surface area contributed by atoms with Crippen molar-refractivity contribution in [1.29, 1.82) is 0 Å². The van der Waals surface area contributed by atoms with E-state index < -0.39 is 41.4 Å². The van der Waals surface area contributed by atoms with Crippen LogP contribution in [-0.2, 0) is 25.5 Å². The molecule has 0 aromatic heterocycles. The molecule has 0 radical (unpaired) electrons. The van der Waals surface area contributed by atoms with Crippen LogP contribution in [0, 0.1) is 0 Å². The minimum Gasteiger partial charge on any atom is -0.444 e. The largest absolute Gasteiger partial charge is 0.444 e. The van der Waals surface area contributed by atoms with Crippen LogP contribution in [-0.4, -0.2) is 53.0 Å². The SMILES string of the molecule is CC(C)(C)OC(=O)NCCC[C@H](NC(=O)OC(C)(C)C)C(=O)N[C@H](Cc1ccccc1)C(=O)Sc1ccc2ccccc2c1. The zero-order chi connectivity index (χ0) is 32.3. The summed E-state index contributed by atoms with van der Waals surface area (Å²) in [5.74, 6) is -0.526. The molecule has 3 aromatic rings. The van der Waals surface area contributed by atoms with Gasteiger partial charge in [-0.15, -0.1) is 0 Å². The Balaban J connectivity index is 1.75. The Morgan fingerprint density at radius 1 is 0.727 bits per heavy atom.